The Kier molecular flexibility index (Phi) is 2.23. The summed E-state index contributed by atoms with van der Waals surface area (Å²) in [6.45, 7) is 1.83. The summed E-state index contributed by atoms with van der Waals surface area (Å²) in [5.41, 5.74) is 1.67. The van der Waals surface area contributed by atoms with Crippen molar-refractivity contribution in [1.82, 2.24) is 4.98 Å². The van der Waals surface area contributed by atoms with E-state index in [1.807, 2.05) is 13.0 Å². The number of imide groups is 1. The zero-order chi connectivity index (χ0) is 12.7. The summed E-state index contributed by atoms with van der Waals surface area (Å²) in [7, 11) is 0. The molecule has 0 saturated heterocycles. The Morgan fingerprint density at radius 2 is 1.56 bits per heavy atom. The molecule has 0 N–H and O–H groups in total. The number of hydrogen-bond donors (Lipinski definition) is 0. The van der Waals surface area contributed by atoms with Crippen molar-refractivity contribution < 1.29 is 9.59 Å². The molecular formula is C14H10N2O2. The molecule has 0 saturated carbocycles. The van der Waals surface area contributed by atoms with Crippen molar-refractivity contribution in [3.05, 3.63) is 59.3 Å². The largest absolute Gasteiger partial charge is 0.268 e. The lowest BCUT2D eigenvalue weighted by atomic mass is 10.1. The van der Waals surface area contributed by atoms with Gasteiger partial charge in [0.1, 0.15) is 5.82 Å². The lowest BCUT2D eigenvalue weighted by Crippen LogP contribution is -2.30. The minimum Gasteiger partial charge on any atom is -0.268 e. The molecule has 1 aliphatic heterocycles. The Labute approximate surface area is 104 Å². The van der Waals surface area contributed by atoms with Crippen molar-refractivity contribution in [2.45, 2.75) is 6.92 Å². The minimum absolute atomic E-state index is 0.308. The average Bonchev–Trinajstić information content (AvgIpc) is 2.64. The van der Waals surface area contributed by atoms with E-state index in [1.54, 1.807) is 36.5 Å². The van der Waals surface area contributed by atoms with Crippen molar-refractivity contribution >= 4 is 17.6 Å². The van der Waals surface area contributed by atoms with E-state index < -0.39 is 0 Å². The highest BCUT2D eigenvalue weighted by atomic mass is 16.2. The second-order valence-corrected chi connectivity index (χ2v) is 4.14. The van der Waals surface area contributed by atoms with Crippen LogP contribution in [0.4, 0.5) is 5.82 Å². The number of rotatable bonds is 1. The Bertz CT molecular complexity index is 629. The monoisotopic (exact) mass is 238 g/mol. The summed E-state index contributed by atoms with van der Waals surface area (Å²) >= 11 is 0. The number of aryl methyl sites for hydroxylation is 1. The van der Waals surface area contributed by atoms with Gasteiger partial charge in [-0.1, -0.05) is 18.2 Å². The van der Waals surface area contributed by atoms with Crippen molar-refractivity contribution in [2.75, 3.05) is 4.90 Å². The van der Waals surface area contributed by atoms with Crippen LogP contribution in [0.15, 0.2) is 42.6 Å². The van der Waals surface area contributed by atoms with Crippen LogP contribution in [0.2, 0.25) is 0 Å². The number of carbonyl (C=O) groups excluding carboxylic acids is 2. The van der Waals surface area contributed by atoms with Gasteiger partial charge in [0.25, 0.3) is 11.8 Å². The topological polar surface area (TPSA) is 50.3 Å². The van der Waals surface area contributed by atoms with Crippen molar-refractivity contribution in [1.29, 1.82) is 0 Å². The molecule has 1 aromatic heterocycles. The van der Waals surface area contributed by atoms with Crippen molar-refractivity contribution in [2.24, 2.45) is 0 Å². The van der Waals surface area contributed by atoms with Crippen LogP contribution in [0.5, 0.6) is 0 Å². The van der Waals surface area contributed by atoms with Crippen LogP contribution in [0.1, 0.15) is 26.3 Å². The number of anilines is 1. The number of hydrogen-bond acceptors (Lipinski definition) is 3. The van der Waals surface area contributed by atoms with Crippen LogP contribution < -0.4 is 4.90 Å². The van der Waals surface area contributed by atoms with Crippen LogP contribution in [-0.2, 0) is 0 Å². The Morgan fingerprint density at radius 3 is 2.11 bits per heavy atom. The molecule has 2 amide bonds. The van der Waals surface area contributed by atoms with Gasteiger partial charge in [-0.3, -0.25) is 9.59 Å². The normalized spacial score (nSPS) is 13.9. The van der Waals surface area contributed by atoms with E-state index in [-0.39, 0.29) is 11.8 Å². The number of fused-ring (bicyclic) bond motifs is 1. The van der Waals surface area contributed by atoms with E-state index in [4.69, 9.17) is 0 Å². The zero-order valence-corrected chi connectivity index (χ0v) is 9.75. The smallest absolute Gasteiger partial charge is 0.267 e. The Hall–Kier alpha value is -2.49. The first-order valence-electron chi connectivity index (χ1n) is 5.59. The van der Waals surface area contributed by atoms with Gasteiger partial charge in [-0.05, 0) is 30.7 Å². The number of carbonyl (C=O) groups is 2. The summed E-state index contributed by atoms with van der Waals surface area (Å²) in [4.78, 5) is 29.7. The highest BCUT2D eigenvalue weighted by Gasteiger charge is 2.37. The molecule has 0 unspecified atom stereocenters. The molecule has 1 aliphatic rings. The zero-order valence-electron chi connectivity index (χ0n) is 9.75. The SMILES string of the molecule is Cc1cccnc1N1C(=O)c2ccccc2C1=O. The molecule has 0 spiro atoms. The summed E-state index contributed by atoms with van der Waals surface area (Å²) < 4.78 is 0. The van der Waals surface area contributed by atoms with Gasteiger partial charge in [-0.2, -0.15) is 0 Å². The fraction of sp³-hybridized carbons (Fsp3) is 0.0714. The Balaban J connectivity index is 2.16. The number of aromatic nitrogens is 1. The quantitative estimate of drug-likeness (QED) is 0.715. The number of nitrogens with zero attached hydrogens (tertiary/aromatic N) is 2. The molecular weight excluding hydrogens is 228 g/mol. The van der Waals surface area contributed by atoms with Crippen LogP contribution in [0.25, 0.3) is 0 Å². The highest BCUT2D eigenvalue weighted by Crippen LogP contribution is 2.28. The predicted octanol–water partition coefficient (Wildman–Crippen LogP) is 2.19. The lowest BCUT2D eigenvalue weighted by molar-refractivity contribution is 0.0925. The van der Waals surface area contributed by atoms with Crippen LogP contribution in [0.3, 0.4) is 0 Å². The summed E-state index contributed by atoms with van der Waals surface area (Å²) in [5.74, 6) is -0.210. The maximum Gasteiger partial charge on any atom is 0.267 e. The number of benzene rings is 1. The van der Waals surface area contributed by atoms with E-state index in [0.717, 1.165) is 10.5 Å². The molecule has 0 radical (unpaired) electrons. The fourth-order valence-electron chi connectivity index (χ4n) is 2.09. The molecule has 88 valence electrons. The van der Waals surface area contributed by atoms with Gasteiger partial charge in [-0.15, -0.1) is 0 Å². The van der Waals surface area contributed by atoms with E-state index in [9.17, 15) is 9.59 Å². The third-order valence-electron chi connectivity index (χ3n) is 2.99. The standard InChI is InChI=1S/C14H10N2O2/c1-9-5-4-8-15-12(9)16-13(17)10-6-2-3-7-11(10)14(16)18/h2-8H,1H3. The van der Waals surface area contributed by atoms with Gasteiger partial charge in [-0.25, -0.2) is 9.88 Å². The first-order chi connectivity index (χ1) is 8.70. The predicted molar refractivity (Wildman–Crippen MR) is 66.6 cm³/mol. The van der Waals surface area contributed by atoms with Crippen molar-refractivity contribution in [3.63, 3.8) is 0 Å². The molecule has 18 heavy (non-hydrogen) atoms. The maximum atomic E-state index is 12.2. The molecule has 2 heterocycles. The van der Waals surface area contributed by atoms with Gasteiger partial charge in [0, 0.05) is 6.20 Å². The molecule has 0 fully saturated rings. The Morgan fingerprint density at radius 1 is 0.944 bits per heavy atom. The summed E-state index contributed by atoms with van der Waals surface area (Å²) in [5, 5.41) is 0. The fourth-order valence-corrected chi connectivity index (χ4v) is 2.09. The van der Waals surface area contributed by atoms with Gasteiger partial charge < -0.3 is 0 Å². The molecule has 0 atom stereocenters. The second kappa shape index (κ2) is 3.77. The maximum absolute atomic E-state index is 12.2. The third-order valence-corrected chi connectivity index (χ3v) is 2.99. The van der Waals surface area contributed by atoms with Crippen LogP contribution in [0, 0.1) is 6.92 Å². The molecule has 4 nitrogen and oxygen atoms in total. The van der Waals surface area contributed by atoms with E-state index in [0.29, 0.717) is 16.9 Å². The average molecular weight is 238 g/mol. The van der Waals surface area contributed by atoms with Gasteiger partial charge in [0.15, 0.2) is 0 Å². The van der Waals surface area contributed by atoms with E-state index >= 15 is 0 Å². The van der Waals surface area contributed by atoms with Gasteiger partial charge in [0.05, 0.1) is 11.1 Å². The van der Waals surface area contributed by atoms with Gasteiger partial charge >= 0.3 is 0 Å². The van der Waals surface area contributed by atoms with E-state index in [1.165, 1.54) is 0 Å². The third kappa shape index (κ3) is 1.35. The first-order valence-corrected chi connectivity index (χ1v) is 5.59. The van der Waals surface area contributed by atoms with Gasteiger partial charge in [0.2, 0.25) is 0 Å². The molecule has 0 aliphatic carbocycles. The van der Waals surface area contributed by atoms with Crippen LogP contribution >= 0.6 is 0 Å². The first kappa shape index (κ1) is 10.7. The van der Waals surface area contributed by atoms with E-state index in [2.05, 4.69) is 4.98 Å². The van der Waals surface area contributed by atoms with Crippen molar-refractivity contribution in [3.8, 4) is 0 Å². The number of amides is 2. The van der Waals surface area contributed by atoms with Crippen LogP contribution in [-0.4, -0.2) is 16.8 Å². The minimum atomic E-state index is -0.308. The lowest BCUT2D eigenvalue weighted by Gasteiger charge is -2.14. The molecule has 1 aromatic carbocycles. The second-order valence-electron chi connectivity index (χ2n) is 4.14. The highest BCUT2D eigenvalue weighted by molar-refractivity contribution is 6.34. The molecule has 2 aromatic rings. The number of pyridine rings is 1. The molecule has 4 heteroatoms. The molecule has 3 rings (SSSR count). The summed E-state index contributed by atoms with van der Waals surface area (Å²) in [6.07, 6.45) is 1.58. The summed E-state index contributed by atoms with van der Waals surface area (Å²) in [6, 6.07) is 10.4. The molecule has 0 bridgehead atoms.